The van der Waals surface area contributed by atoms with Gasteiger partial charge in [-0.1, -0.05) is 30.3 Å². The predicted molar refractivity (Wildman–Crippen MR) is 144 cm³/mol. The molecule has 0 saturated carbocycles. The summed E-state index contributed by atoms with van der Waals surface area (Å²) in [5, 5.41) is 0. The molecule has 188 valence electrons. The number of para-hydroxylation sites is 3. The number of carbonyl (C=O) groups is 1. The van der Waals surface area contributed by atoms with Crippen LogP contribution in [0.1, 0.15) is 42.1 Å². The molecule has 0 spiro atoms. The molecule has 1 fully saturated rings. The number of carbonyl (C=O) groups excluding carboxylic acids is 1. The minimum Gasteiger partial charge on any atom is -0.493 e. The summed E-state index contributed by atoms with van der Waals surface area (Å²) in [5.74, 6) is 1.65. The van der Waals surface area contributed by atoms with Gasteiger partial charge in [0, 0.05) is 31.1 Å². The first-order valence-corrected chi connectivity index (χ1v) is 12.2. The van der Waals surface area contributed by atoms with E-state index in [-0.39, 0.29) is 30.0 Å². The van der Waals surface area contributed by atoms with Gasteiger partial charge in [0.05, 0.1) is 17.6 Å². The fourth-order valence-corrected chi connectivity index (χ4v) is 4.96. The standard InChI is InChI=1S/C29H30FN3O2.ClH/c1-20-8-7-9-21(2)28(20)35-17-6-5-16-32-26-11-4-3-10-25(26)31-29(32)22-18-27(34)33(19-22)24-14-12-23(30)13-15-24;/h3-4,7-15,22H,5-6,16-19H2,1-2H3;1H. The third-order valence-electron chi connectivity index (χ3n) is 6.74. The molecule has 1 saturated heterocycles. The van der Waals surface area contributed by atoms with Crippen LogP contribution in [-0.4, -0.2) is 28.6 Å². The van der Waals surface area contributed by atoms with E-state index in [2.05, 4.69) is 36.6 Å². The van der Waals surface area contributed by atoms with E-state index in [1.54, 1.807) is 17.0 Å². The third kappa shape index (κ3) is 5.24. The molecular weight excluding hydrogens is 477 g/mol. The van der Waals surface area contributed by atoms with Crippen LogP contribution < -0.4 is 9.64 Å². The molecule has 1 aliphatic heterocycles. The second kappa shape index (κ2) is 11.1. The van der Waals surface area contributed by atoms with Crippen LogP contribution in [0.15, 0.2) is 66.7 Å². The van der Waals surface area contributed by atoms with Crippen LogP contribution in [0.5, 0.6) is 5.75 Å². The molecule has 0 bridgehead atoms. The number of benzene rings is 3. The van der Waals surface area contributed by atoms with Crippen molar-refractivity contribution < 1.29 is 13.9 Å². The van der Waals surface area contributed by atoms with Gasteiger partial charge in [0.25, 0.3) is 0 Å². The molecule has 1 aromatic heterocycles. The fraction of sp³-hybridized carbons (Fsp3) is 0.310. The first-order valence-electron chi connectivity index (χ1n) is 12.2. The summed E-state index contributed by atoms with van der Waals surface area (Å²) in [7, 11) is 0. The molecule has 7 heteroatoms. The summed E-state index contributed by atoms with van der Waals surface area (Å²) in [5.41, 5.74) is 5.08. The number of nitrogens with zero attached hydrogens (tertiary/aromatic N) is 3. The Morgan fingerprint density at radius 1 is 0.972 bits per heavy atom. The van der Waals surface area contributed by atoms with Crippen molar-refractivity contribution in [2.75, 3.05) is 18.1 Å². The van der Waals surface area contributed by atoms with Crippen molar-refractivity contribution in [2.24, 2.45) is 0 Å². The van der Waals surface area contributed by atoms with E-state index in [9.17, 15) is 9.18 Å². The third-order valence-corrected chi connectivity index (χ3v) is 6.74. The molecule has 4 aromatic rings. The number of hydrogen-bond donors (Lipinski definition) is 0. The number of amides is 1. The maximum atomic E-state index is 13.4. The number of imidazole rings is 1. The number of aromatic nitrogens is 2. The van der Waals surface area contributed by atoms with Gasteiger partial charge in [-0.2, -0.15) is 0 Å². The second-order valence-electron chi connectivity index (χ2n) is 9.27. The van der Waals surface area contributed by atoms with Crippen molar-refractivity contribution in [3.05, 3.63) is 89.5 Å². The summed E-state index contributed by atoms with van der Waals surface area (Å²) in [4.78, 5) is 19.5. The predicted octanol–water partition coefficient (Wildman–Crippen LogP) is 6.59. The average molecular weight is 508 g/mol. The minimum atomic E-state index is -0.305. The molecule has 1 atom stereocenters. The van der Waals surface area contributed by atoms with Gasteiger partial charge >= 0.3 is 0 Å². The lowest BCUT2D eigenvalue weighted by molar-refractivity contribution is -0.117. The lowest BCUT2D eigenvalue weighted by atomic mass is 10.1. The molecule has 2 heterocycles. The van der Waals surface area contributed by atoms with Gasteiger partial charge < -0.3 is 14.2 Å². The maximum absolute atomic E-state index is 13.4. The molecule has 5 rings (SSSR count). The zero-order valence-corrected chi connectivity index (χ0v) is 21.4. The smallest absolute Gasteiger partial charge is 0.227 e. The quantitative estimate of drug-likeness (QED) is 0.253. The molecule has 36 heavy (non-hydrogen) atoms. The Morgan fingerprint density at radius 3 is 2.44 bits per heavy atom. The van der Waals surface area contributed by atoms with Crippen LogP contribution in [0.3, 0.4) is 0 Å². The van der Waals surface area contributed by atoms with Crippen LogP contribution in [0.2, 0.25) is 0 Å². The number of aryl methyl sites for hydroxylation is 3. The monoisotopic (exact) mass is 507 g/mol. The highest BCUT2D eigenvalue weighted by Gasteiger charge is 2.34. The average Bonchev–Trinajstić information content (AvgIpc) is 3.41. The van der Waals surface area contributed by atoms with Crippen molar-refractivity contribution in [2.45, 2.75) is 45.6 Å². The lowest BCUT2D eigenvalue weighted by Gasteiger charge is -2.17. The number of halogens is 2. The first-order chi connectivity index (χ1) is 17.0. The van der Waals surface area contributed by atoms with Crippen LogP contribution in [0.25, 0.3) is 11.0 Å². The maximum Gasteiger partial charge on any atom is 0.227 e. The normalized spacial score (nSPS) is 15.4. The van der Waals surface area contributed by atoms with Crippen molar-refractivity contribution in [3.63, 3.8) is 0 Å². The number of rotatable bonds is 8. The van der Waals surface area contributed by atoms with Gasteiger partial charge in [0.1, 0.15) is 17.4 Å². The van der Waals surface area contributed by atoms with Gasteiger partial charge in [-0.25, -0.2) is 9.37 Å². The Hall–Kier alpha value is -3.38. The lowest BCUT2D eigenvalue weighted by Crippen LogP contribution is -2.24. The number of anilines is 1. The molecule has 1 aliphatic rings. The minimum absolute atomic E-state index is 0. The van der Waals surface area contributed by atoms with Crippen molar-refractivity contribution in [1.29, 1.82) is 0 Å². The number of unbranched alkanes of at least 4 members (excludes halogenated alkanes) is 1. The summed E-state index contributed by atoms with van der Waals surface area (Å²) in [6.45, 7) is 6.17. The zero-order chi connectivity index (χ0) is 24.4. The Balaban J connectivity index is 0.00000304. The largest absolute Gasteiger partial charge is 0.493 e. The number of hydrogen-bond acceptors (Lipinski definition) is 3. The van der Waals surface area contributed by atoms with E-state index in [4.69, 9.17) is 9.72 Å². The van der Waals surface area contributed by atoms with Crippen molar-refractivity contribution in [1.82, 2.24) is 9.55 Å². The second-order valence-corrected chi connectivity index (χ2v) is 9.27. The molecule has 0 N–H and O–H groups in total. The molecule has 3 aromatic carbocycles. The topological polar surface area (TPSA) is 47.4 Å². The number of fused-ring (bicyclic) bond motifs is 1. The summed E-state index contributed by atoms with van der Waals surface area (Å²) < 4.78 is 21.7. The Labute approximate surface area is 217 Å². The van der Waals surface area contributed by atoms with Crippen LogP contribution in [0, 0.1) is 19.7 Å². The van der Waals surface area contributed by atoms with E-state index in [0.717, 1.165) is 58.8 Å². The highest BCUT2D eigenvalue weighted by atomic mass is 35.5. The van der Waals surface area contributed by atoms with Crippen molar-refractivity contribution in [3.8, 4) is 5.75 Å². The molecule has 5 nitrogen and oxygen atoms in total. The van der Waals surface area contributed by atoms with E-state index >= 15 is 0 Å². The SMILES string of the molecule is Cc1cccc(C)c1OCCCCn1c(C2CC(=O)N(c3ccc(F)cc3)C2)nc2ccccc21.Cl. The van der Waals surface area contributed by atoms with E-state index in [1.165, 1.54) is 12.1 Å². The van der Waals surface area contributed by atoms with Crippen LogP contribution in [0.4, 0.5) is 10.1 Å². The Morgan fingerprint density at radius 2 is 1.69 bits per heavy atom. The van der Waals surface area contributed by atoms with Gasteiger partial charge in [-0.05, 0) is 74.2 Å². The molecule has 1 unspecified atom stereocenters. The van der Waals surface area contributed by atoms with E-state index in [1.807, 2.05) is 24.3 Å². The molecular formula is C29H31ClFN3O2. The van der Waals surface area contributed by atoms with E-state index < -0.39 is 0 Å². The Kier molecular flexibility index (Phi) is 7.94. The summed E-state index contributed by atoms with van der Waals surface area (Å²) >= 11 is 0. The van der Waals surface area contributed by atoms with E-state index in [0.29, 0.717) is 19.6 Å². The number of ether oxygens (including phenoxy) is 1. The van der Waals surface area contributed by atoms with Gasteiger partial charge in [0.2, 0.25) is 5.91 Å². The van der Waals surface area contributed by atoms with Crippen LogP contribution >= 0.6 is 12.4 Å². The van der Waals surface area contributed by atoms with Crippen molar-refractivity contribution >= 4 is 35.0 Å². The van der Waals surface area contributed by atoms with Gasteiger partial charge in [-0.3, -0.25) is 4.79 Å². The zero-order valence-electron chi connectivity index (χ0n) is 20.6. The fourth-order valence-electron chi connectivity index (χ4n) is 4.96. The highest BCUT2D eigenvalue weighted by Crippen LogP contribution is 2.33. The van der Waals surface area contributed by atoms with Crippen LogP contribution in [-0.2, 0) is 11.3 Å². The summed E-state index contributed by atoms with van der Waals surface area (Å²) in [6.07, 6.45) is 2.27. The van der Waals surface area contributed by atoms with Gasteiger partial charge in [0.15, 0.2) is 0 Å². The molecule has 1 amide bonds. The molecule has 0 aliphatic carbocycles. The first kappa shape index (κ1) is 25.7. The van der Waals surface area contributed by atoms with Gasteiger partial charge in [-0.15, -0.1) is 12.4 Å². The molecule has 0 radical (unpaired) electrons. The summed E-state index contributed by atoms with van der Waals surface area (Å²) in [6, 6.07) is 20.4. The highest BCUT2D eigenvalue weighted by molar-refractivity contribution is 5.96. The Bertz CT molecular complexity index is 1330.